The quantitative estimate of drug-likeness (QED) is 0.198. The van der Waals surface area contributed by atoms with Gasteiger partial charge in [-0.2, -0.15) is 13.2 Å². The average molecular weight is 802 g/mol. The van der Waals surface area contributed by atoms with E-state index >= 15 is 0 Å². The summed E-state index contributed by atoms with van der Waals surface area (Å²) in [6.07, 6.45) is -3.88. The fourth-order valence-corrected chi connectivity index (χ4v) is 6.90. The maximum absolute atomic E-state index is 14.2. The van der Waals surface area contributed by atoms with Crippen molar-refractivity contribution in [2.75, 3.05) is 37.8 Å². The van der Waals surface area contributed by atoms with Gasteiger partial charge in [-0.1, -0.05) is 30.0 Å². The van der Waals surface area contributed by atoms with Crippen LogP contribution in [0.1, 0.15) is 78.5 Å². The van der Waals surface area contributed by atoms with Gasteiger partial charge in [-0.3, -0.25) is 14.5 Å². The smallest absolute Gasteiger partial charge is 0.417 e. The summed E-state index contributed by atoms with van der Waals surface area (Å²) < 4.78 is 61.2. The van der Waals surface area contributed by atoms with E-state index in [2.05, 4.69) is 27.1 Å². The number of hydrogen-bond acceptors (Lipinski definition) is 10. The van der Waals surface area contributed by atoms with Crippen LogP contribution in [0.15, 0.2) is 54.7 Å². The number of ether oxygens (including phenoxy) is 3. The number of benzene rings is 2. The molecule has 2 aromatic carbocycles. The molecule has 2 aliphatic heterocycles. The third kappa shape index (κ3) is 10.0. The summed E-state index contributed by atoms with van der Waals surface area (Å²) in [4.78, 5) is 50.7. The van der Waals surface area contributed by atoms with Gasteiger partial charge in [0.05, 0.1) is 41.5 Å². The van der Waals surface area contributed by atoms with Gasteiger partial charge in [-0.15, -0.1) is 0 Å². The number of carbonyl (C=O) groups excluding carboxylic acids is 3. The third-order valence-electron chi connectivity index (χ3n) is 9.42. The number of aromatic nitrogens is 3. The van der Waals surface area contributed by atoms with Crippen molar-refractivity contribution in [2.24, 2.45) is 7.05 Å². The van der Waals surface area contributed by atoms with Crippen LogP contribution in [0.2, 0.25) is 0 Å². The number of halogens is 3. The topological polar surface area (TPSA) is 154 Å². The van der Waals surface area contributed by atoms with E-state index in [0.717, 1.165) is 11.0 Å². The summed E-state index contributed by atoms with van der Waals surface area (Å²) >= 11 is 0. The SMILES string of the molecule is CN(Cc1ccc(NC(=O)Cc2cccc(C#Cc3cnc(N)nc3-c3cc4c(n3C)CCN(C(=O)OC(C)(C)C)C4=O)c2)cc1C(F)(F)F)CC1COC(C)(C)O1. The molecule has 1 unspecified atom stereocenters. The summed E-state index contributed by atoms with van der Waals surface area (Å²) in [7, 11) is 3.50. The lowest BCUT2D eigenvalue weighted by Crippen LogP contribution is -2.44. The zero-order valence-corrected chi connectivity index (χ0v) is 33.4. The Hall–Kier alpha value is -5.76. The number of carbonyl (C=O) groups is 3. The second-order valence-electron chi connectivity index (χ2n) is 15.8. The lowest BCUT2D eigenvalue weighted by Gasteiger charge is -2.28. The number of nitrogens with one attached hydrogen (secondary N) is 1. The molecule has 2 aliphatic rings. The van der Waals surface area contributed by atoms with E-state index in [1.54, 1.807) is 83.9 Å². The number of hydrogen-bond donors (Lipinski definition) is 2. The Labute approximate surface area is 334 Å². The first-order valence-electron chi connectivity index (χ1n) is 18.6. The molecular formula is C42H46F3N7O6. The van der Waals surface area contributed by atoms with E-state index in [9.17, 15) is 27.6 Å². The maximum atomic E-state index is 14.2. The normalized spacial score (nSPS) is 16.5. The number of amides is 3. The lowest BCUT2D eigenvalue weighted by molar-refractivity contribution is -0.140. The number of nitrogen functional groups attached to an aromatic ring is 1. The van der Waals surface area contributed by atoms with Crippen LogP contribution >= 0.6 is 0 Å². The molecule has 0 radical (unpaired) electrons. The molecule has 0 aliphatic carbocycles. The van der Waals surface area contributed by atoms with Crippen molar-refractivity contribution in [3.05, 3.63) is 93.8 Å². The molecule has 306 valence electrons. The van der Waals surface area contributed by atoms with Gasteiger partial charge in [0.2, 0.25) is 11.9 Å². The monoisotopic (exact) mass is 801 g/mol. The second-order valence-corrected chi connectivity index (χ2v) is 15.8. The summed E-state index contributed by atoms with van der Waals surface area (Å²) in [6, 6.07) is 12.3. The van der Waals surface area contributed by atoms with Crippen LogP contribution < -0.4 is 11.1 Å². The molecule has 0 bridgehead atoms. The highest BCUT2D eigenvalue weighted by molar-refractivity contribution is 6.05. The van der Waals surface area contributed by atoms with Gasteiger partial charge in [-0.25, -0.2) is 19.7 Å². The van der Waals surface area contributed by atoms with Crippen LogP contribution in [0.3, 0.4) is 0 Å². The van der Waals surface area contributed by atoms with Crippen LogP contribution in [0, 0.1) is 11.8 Å². The molecule has 1 saturated heterocycles. The minimum absolute atomic E-state index is 0.00655. The summed E-state index contributed by atoms with van der Waals surface area (Å²) in [6.45, 7) is 9.66. The van der Waals surface area contributed by atoms with E-state index in [-0.39, 0.29) is 42.8 Å². The molecule has 13 nitrogen and oxygen atoms in total. The Morgan fingerprint density at radius 2 is 1.88 bits per heavy atom. The van der Waals surface area contributed by atoms with Crippen LogP contribution in [0.5, 0.6) is 0 Å². The predicted molar refractivity (Wildman–Crippen MR) is 209 cm³/mol. The van der Waals surface area contributed by atoms with Crippen molar-refractivity contribution in [1.82, 2.24) is 24.3 Å². The first-order chi connectivity index (χ1) is 27.2. The highest BCUT2D eigenvalue weighted by Gasteiger charge is 2.37. The number of fused-ring (bicyclic) bond motifs is 1. The van der Waals surface area contributed by atoms with E-state index in [4.69, 9.17) is 19.9 Å². The molecule has 4 aromatic rings. The van der Waals surface area contributed by atoms with E-state index in [0.29, 0.717) is 58.9 Å². The van der Waals surface area contributed by atoms with Gasteiger partial charge < -0.3 is 29.8 Å². The van der Waals surface area contributed by atoms with Gasteiger partial charge in [-0.05, 0) is 83.1 Å². The van der Waals surface area contributed by atoms with Crippen LogP contribution in [-0.2, 0) is 51.6 Å². The maximum Gasteiger partial charge on any atom is 0.417 e. The van der Waals surface area contributed by atoms with Crippen molar-refractivity contribution in [3.63, 3.8) is 0 Å². The van der Waals surface area contributed by atoms with Gasteiger partial charge in [0.25, 0.3) is 5.91 Å². The number of alkyl halides is 3. The fraction of sp³-hybridized carbons (Fsp3) is 0.405. The van der Waals surface area contributed by atoms with Crippen molar-refractivity contribution in [2.45, 2.75) is 77.7 Å². The van der Waals surface area contributed by atoms with Crippen molar-refractivity contribution in [1.29, 1.82) is 0 Å². The summed E-state index contributed by atoms with van der Waals surface area (Å²) in [5.41, 5.74) is 7.96. The van der Waals surface area contributed by atoms with Gasteiger partial charge >= 0.3 is 12.3 Å². The predicted octanol–water partition coefficient (Wildman–Crippen LogP) is 6.18. The molecule has 0 spiro atoms. The van der Waals surface area contributed by atoms with Gasteiger partial charge in [0.1, 0.15) is 11.3 Å². The molecule has 2 aromatic heterocycles. The number of likely N-dealkylation sites (N-methyl/N-ethyl adjacent to an activating group) is 1. The molecule has 3 amide bonds. The zero-order chi connectivity index (χ0) is 42.2. The largest absolute Gasteiger partial charge is 0.443 e. The molecule has 0 saturated carbocycles. The number of nitrogens with two attached hydrogens (primary N) is 1. The Morgan fingerprint density at radius 1 is 1.12 bits per heavy atom. The van der Waals surface area contributed by atoms with Crippen LogP contribution in [0.4, 0.5) is 29.6 Å². The van der Waals surface area contributed by atoms with E-state index < -0.39 is 41.0 Å². The van der Waals surface area contributed by atoms with Crippen LogP contribution in [0.25, 0.3) is 11.4 Å². The summed E-state index contributed by atoms with van der Waals surface area (Å²) in [5, 5.41) is 2.60. The molecule has 6 rings (SSSR count). The average Bonchev–Trinajstić information content (AvgIpc) is 3.64. The van der Waals surface area contributed by atoms with Crippen molar-refractivity contribution < 1.29 is 41.8 Å². The Balaban J connectivity index is 1.15. The second kappa shape index (κ2) is 16.2. The molecule has 16 heteroatoms. The first-order valence-corrected chi connectivity index (χ1v) is 18.6. The van der Waals surface area contributed by atoms with Crippen LogP contribution in [-0.4, -0.2) is 86.5 Å². The minimum Gasteiger partial charge on any atom is -0.443 e. The Bertz CT molecular complexity index is 2300. The highest BCUT2D eigenvalue weighted by Crippen LogP contribution is 2.35. The third-order valence-corrected chi connectivity index (χ3v) is 9.42. The Kier molecular flexibility index (Phi) is 11.7. The summed E-state index contributed by atoms with van der Waals surface area (Å²) in [5.74, 6) is 4.40. The number of imide groups is 1. The van der Waals surface area contributed by atoms with Gasteiger partial charge in [0.15, 0.2) is 5.79 Å². The number of rotatable bonds is 8. The fourth-order valence-electron chi connectivity index (χ4n) is 6.90. The Morgan fingerprint density at radius 3 is 2.57 bits per heavy atom. The number of nitrogens with zero attached hydrogens (tertiary/aromatic N) is 5. The lowest BCUT2D eigenvalue weighted by atomic mass is 10.0. The molecular weight excluding hydrogens is 755 g/mol. The zero-order valence-electron chi connectivity index (χ0n) is 33.4. The van der Waals surface area contributed by atoms with Gasteiger partial charge in [0, 0.05) is 56.2 Å². The van der Waals surface area contributed by atoms with E-state index in [1.807, 2.05) is 4.57 Å². The van der Waals surface area contributed by atoms with E-state index in [1.165, 1.54) is 18.3 Å². The number of anilines is 2. The highest BCUT2D eigenvalue weighted by atomic mass is 19.4. The minimum atomic E-state index is -4.64. The molecule has 1 atom stereocenters. The van der Waals surface area contributed by atoms with Crippen molar-refractivity contribution >= 4 is 29.5 Å². The molecule has 3 N–H and O–H groups in total. The molecule has 58 heavy (non-hydrogen) atoms. The molecule has 4 heterocycles. The van der Waals surface area contributed by atoms with Crippen molar-refractivity contribution in [3.8, 4) is 23.2 Å². The molecule has 1 fully saturated rings. The standard InChI is InChI=1S/C42H46F3N7O6/c1-40(2,3)58-39(55)52-16-15-33-31(37(52)54)20-34(51(33)7)36-27(21-47-38(46)49-36)12-11-25-9-8-10-26(17-25)18-35(53)48-29-14-13-28(32(19-29)42(43,44)45)22-50(6)23-30-24-56-41(4,5)57-30/h8-10,13-14,17,19-21,30H,15-16,18,22-24H2,1-7H3,(H,48,53)(H2,46,47,49). The first kappa shape index (κ1) is 41.9.